The summed E-state index contributed by atoms with van der Waals surface area (Å²) in [6, 6.07) is 7.61. The van der Waals surface area contributed by atoms with Crippen LogP contribution in [0.25, 0.3) is 10.4 Å². The highest BCUT2D eigenvalue weighted by atomic mass is 79.9. The maximum absolute atomic E-state index is 11.3. The molecule has 0 unspecified atom stereocenters. The molecule has 0 aliphatic carbocycles. The Kier molecular flexibility index (Phi) is 3.49. The molecule has 17 heavy (non-hydrogen) atoms. The number of nitrogens with one attached hydrogen (secondary N) is 1. The molecule has 0 saturated heterocycles. The lowest BCUT2D eigenvalue weighted by atomic mass is 10.1. The van der Waals surface area contributed by atoms with Gasteiger partial charge in [-0.25, -0.2) is 4.79 Å². The fourth-order valence-electron chi connectivity index (χ4n) is 1.57. The first-order valence-electron chi connectivity index (χ1n) is 4.92. The topological polar surface area (TPSA) is 49.3 Å². The minimum Gasteiger partial charge on any atom is -0.478 e. The third-order valence-electron chi connectivity index (χ3n) is 2.38. The first-order valence-corrected chi connectivity index (χ1v) is 6.59. The van der Waals surface area contributed by atoms with Crippen LogP contribution in [0.15, 0.2) is 34.1 Å². The van der Waals surface area contributed by atoms with Crippen LogP contribution < -0.4 is 5.32 Å². The van der Waals surface area contributed by atoms with Crippen molar-refractivity contribution in [2.75, 3.05) is 12.4 Å². The Morgan fingerprint density at radius 2 is 2.00 bits per heavy atom. The van der Waals surface area contributed by atoms with Crippen LogP contribution in [0.1, 0.15) is 10.4 Å². The average molecular weight is 312 g/mol. The minimum atomic E-state index is -0.909. The molecule has 88 valence electrons. The largest absolute Gasteiger partial charge is 0.478 e. The number of halogens is 1. The fraction of sp³-hybridized carbons (Fsp3) is 0.0833. The van der Waals surface area contributed by atoms with Gasteiger partial charge in [0.15, 0.2) is 0 Å². The van der Waals surface area contributed by atoms with E-state index in [1.54, 1.807) is 7.05 Å². The zero-order valence-electron chi connectivity index (χ0n) is 9.03. The number of rotatable bonds is 3. The van der Waals surface area contributed by atoms with Gasteiger partial charge >= 0.3 is 5.97 Å². The van der Waals surface area contributed by atoms with Crippen molar-refractivity contribution in [2.24, 2.45) is 0 Å². The summed E-state index contributed by atoms with van der Waals surface area (Å²) < 4.78 is 0.975. The Morgan fingerprint density at radius 1 is 1.35 bits per heavy atom. The third-order valence-corrected chi connectivity index (χ3v) is 3.94. The van der Waals surface area contributed by atoms with E-state index in [0.29, 0.717) is 11.3 Å². The molecule has 0 fully saturated rings. The molecule has 5 heteroatoms. The molecule has 2 rings (SSSR count). The first-order chi connectivity index (χ1) is 8.13. The highest BCUT2D eigenvalue weighted by Crippen LogP contribution is 2.36. The molecule has 1 heterocycles. The highest BCUT2D eigenvalue weighted by Gasteiger charge is 2.18. The Bertz CT molecular complexity index is 548. The van der Waals surface area contributed by atoms with Crippen LogP contribution in [0.5, 0.6) is 0 Å². The highest BCUT2D eigenvalue weighted by molar-refractivity contribution is 9.10. The number of hydrogen-bond donors (Lipinski definition) is 2. The molecule has 0 saturated carbocycles. The average Bonchev–Trinajstić information content (AvgIpc) is 2.73. The van der Waals surface area contributed by atoms with Gasteiger partial charge in [-0.15, -0.1) is 11.3 Å². The van der Waals surface area contributed by atoms with E-state index in [2.05, 4.69) is 21.2 Å². The molecule has 0 aliphatic heterocycles. The minimum absolute atomic E-state index is 0.333. The summed E-state index contributed by atoms with van der Waals surface area (Å²) in [7, 11) is 1.72. The van der Waals surface area contributed by atoms with Gasteiger partial charge in [-0.2, -0.15) is 0 Å². The van der Waals surface area contributed by atoms with Crippen molar-refractivity contribution in [1.29, 1.82) is 0 Å². The van der Waals surface area contributed by atoms with Crippen LogP contribution in [0.4, 0.5) is 5.69 Å². The van der Waals surface area contributed by atoms with E-state index in [4.69, 9.17) is 0 Å². The van der Waals surface area contributed by atoms with E-state index in [1.165, 1.54) is 11.3 Å². The summed E-state index contributed by atoms with van der Waals surface area (Å²) >= 11 is 4.79. The Labute approximate surface area is 111 Å². The quantitative estimate of drug-likeness (QED) is 0.903. The predicted octanol–water partition coefficient (Wildman–Crippen LogP) is 3.92. The van der Waals surface area contributed by atoms with Gasteiger partial charge in [-0.1, -0.05) is 28.1 Å². The van der Waals surface area contributed by atoms with Crippen LogP contribution in [0, 0.1) is 0 Å². The normalized spacial score (nSPS) is 10.2. The number of carboxylic acids is 1. The monoisotopic (exact) mass is 311 g/mol. The van der Waals surface area contributed by atoms with Crippen molar-refractivity contribution in [3.63, 3.8) is 0 Å². The molecule has 0 amide bonds. The summed E-state index contributed by atoms with van der Waals surface area (Å²) in [4.78, 5) is 12.0. The molecule has 0 aliphatic rings. The van der Waals surface area contributed by atoms with E-state index in [1.807, 2.05) is 29.6 Å². The third kappa shape index (κ3) is 2.35. The number of thiophene rings is 1. The van der Waals surface area contributed by atoms with Crippen molar-refractivity contribution < 1.29 is 9.90 Å². The molecular weight excluding hydrogens is 302 g/mol. The van der Waals surface area contributed by atoms with Gasteiger partial charge in [0.2, 0.25) is 0 Å². The summed E-state index contributed by atoms with van der Waals surface area (Å²) in [6.45, 7) is 0. The standard InChI is InChI=1S/C12H10BrNO2S/c1-14-9-6-17-11(10(9)12(15)16)7-2-4-8(13)5-3-7/h2-6,14H,1H3,(H,15,16). The summed E-state index contributed by atoms with van der Waals surface area (Å²) in [6.07, 6.45) is 0. The fourth-order valence-corrected chi connectivity index (χ4v) is 2.89. The molecule has 0 spiro atoms. The number of benzene rings is 1. The van der Waals surface area contributed by atoms with Crippen molar-refractivity contribution in [3.05, 3.63) is 39.7 Å². The number of aromatic carboxylic acids is 1. The number of anilines is 1. The van der Waals surface area contributed by atoms with E-state index < -0.39 is 5.97 Å². The smallest absolute Gasteiger partial charge is 0.339 e. The van der Waals surface area contributed by atoms with Gasteiger partial charge in [0.25, 0.3) is 0 Å². The molecule has 0 atom stereocenters. The van der Waals surface area contributed by atoms with Gasteiger partial charge < -0.3 is 10.4 Å². The van der Waals surface area contributed by atoms with E-state index in [0.717, 1.165) is 14.9 Å². The van der Waals surface area contributed by atoms with Crippen LogP contribution in [-0.4, -0.2) is 18.1 Å². The van der Waals surface area contributed by atoms with Crippen molar-refractivity contribution >= 4 is 38.9 Å². The molecule has 0 bridgehead atoms. The van der Waals surface area contributed by atoms with Crippen molar-refractivity contribution in [2.45, 2.75) is 0 Å². The van der Waals surface area contributed by atoms with Crippen molar-refractivity contribution in [3.8, 4) is 10.4 Å². The van der Waals surface area contributed by atoms with E-state index in [-0.39, 0.29) is 0 Å². The summed E-state index contributed by atoms with van der Waals surface area (Å²) in [5.41, 5.74) is 1.90. The van der Waals surface area contributed by atoms with Gasteiger partial charge in [0, 0.05) is 16.9 Å². The maximum Gasteiger partial charge on any atom is 0.339 e. The number of carboxylic acid groups (broad SMARTS) is 1. The zero-order valence-corrected chi connectivity index (χ0v) is 11.4. The molecule has 2 aromatic rings. The van der Waals surface area contributed by atoms with Crippen LogP contribution >= 0.6 is 27.3 Å². The van der Waals surface area contributed by atoms with Crippen LogP contribution in [0.2, 0.25) is 0 Å². The predicted molar refractivity (Wildman–Crippen MR) is 74.0 cm³/mol. The number of carbonyl (C=O) groups is 1. The second-order valence-corrected chi connectivity index (χ2v) is 5.21. The second-order valence-electron chi connectivity index (χ2n) is 3.42. The van der Waals surface area contributed by atoms with Gasteiger partial charge in [-0.05, 0) is 17.7 Å². The lowest BCUT2D eigenvalue weighted by molar-refractivity contribution is 0.0699. The van der Waals surface area contributed by atoms with Gasteiger partial charge in [0.1, 0.15) is 5.56 Å². The molecule has 1 aromatic carbocycles. The molecular formula is C12H10BrNO2S. The van der Waals surface area contributed by atoms with E-state index >= 15 is 0 Å². The SMILES string of the molecule is CNc1csc(-c2ccc(Br)cc2)c1C(=O)O. The van der Waals surface area contributed by atoms with Crippen LogP contribution in [-0.2, 0) is 0 Å². The first kappa shape index (κ1) is 12.1. The zero-order chi connectivity index (χ0) is 12.4. The van der Waals surface area contributed by atoms with Crippen molar-refractivity contribution in [1.82, 2.24) is 0 Å². The number of hydrogen-bond acceptors (Lipinski definition) is 3. The Balaban J connectivity index is 2.55. The van der Waals surface area contributed by atoms with Gasteiger partial charge in [-0.3, -0.25) is 0 Å². The van der Waals surface area contributed by atoms with Gasteiger partial charge in [0.05, 0.1) is 10.6 Å². The summed E-state index contributed by atoms with van der Waals surface area (Å²) in [5, 5.41) is 14.0. The summed E-state index contributed by atoms with van der Waals surface area (Å²) in [5.74, 6) is -0.909. The molecule has 3 nitrogen and oxygen atoms in total. The second kappa shape index (κ2) is 4.89. The maximum atomic E-state index is 11.3. The molecule has 2 N–H and O–H groups in total. The Morgan fingerprint density at radius 3 is 2.53 bits per heavy atom. The molecule has 0 radical (unpaired) electrons. The van der Waals surface area contributed by atoms with Crippen LogP contribution in [0.3, 0.4) is 0 Å². The molecule has 1 aromatic heterocycles. The lowest BCUT2D eigenvalue weighted by Gasteiger charge is -2.03. The lowest BCUT2D eigenvalue weighted by Crippen LogP contribution is -2.01. The van der Waals surface area contributed by atoms with E-state index in [9.17, 15) is 9.90 Å². The Hall–Kier alpha value is -1.33.